The van der Waals surface area contributed by atoms with E-state index in [1.807, 2.05) is 0 Å². The third-order valence-electron chi connectivity index (χ3n) is 3.64. The van der Waals surface area contributed by atoms with Crippen LogP contribution in [-0.2, 0) is 24.3 Å². The lowest BCUT2D eigenvalue weighted by molar-refractivity contribution is -0.00411. The van der Waals surface area contributed by atoms with Crippen molar-refractivity contribution in [2.45, 2.75) is 32.9 Å². The number of hydrogen-bond donors (Lipinski definition) is 1. The topological polar surface area (TPSA) is 121 Å². The minimum atomic E-state index is -3.79. The number of carboxylic acid groups (broad SMARTS) is 1. The van der Waals surface area contributed by atoms with Gasteiger partial charge in [-0.15, -0.1) is 0 Å². The summed E-state index contributed by atoms with van der Waals surface area (Å²) in [4.78, 5) is 12.7. The molecular weight excluding hydrogens is 348 g/mol. The molecule has 0 aromatic carbocycles. The quantitative estimate of drug-likeness (QED) is 0.689. The second-order valence-corrected chi connectivity index (χ2v) is 10.3. The summed E-state index contributed by atoms with van der Waals surface area (Å²) in [7, 11) is -7.43. The highest BCUT2D eigenvalue weighted by atomic mass is 32.2. The third kappa shape index (κ3) is 5.30. The fourth-order valence-electron chi connectivity index (χ4n) is 2.92. The first-order valence-electron chi connectivity index (χ1n) is 6.95. The molecule has 11 heteroatoms. The summed E-state index contributed by atoms with van der Waals surface area (Å²) in [5.74, 6) is 0. The molecule has 1 aliphatic rings. The van der Waals surface area contributed by atoms with Crippen molar-refractivity contribution in [1.29, 1.82) is 0 Å². The Labute approximate surface area is 137 Å². The zero-order valence-electron chi connectivity index (χ0n) is 13.9. The first kappa shape index (κ1) is 20.1. The fourth-order valence-corrected chi connectivity index (χ4v) is 4.38. The first-order chi connectivity index (χ1) is 10.1. The van der Waals surface area contributed by atoms with Gasteiger partial charge in [-0.1, -0.05) is 20.8 Å². The molecule has 0 aromatic heterocycles. The van der Waals surface area contributed by atoms with Crippen LogP contribution in [0.5, 0.6) is 0 Å². The highest BCUT2D eigenvalue weighted by Gasteiger charge is 2.48. The highest BCUT2D eigenvalue weighted by molar-refractivity contribution is 7.88. The van der Waals surface area contributed by atoms with Gasteiger partial charge in [-0.05, 0) is 5.41 Å². The predicted octanol–water partition coefficient (Wildman–Crippen LogP) is 0.00110. The minimum Gasteiger partial charge on any atom is -0.465 e. The fraction of sp³-hybridized carbons (Fsp3) is 0.917. The zero-order valence-corrected chi connectivity index (χ0v) is 15.5. The van der Waals surface area contributed by atoms with Gasteiger partial charge in [-0.2, -0.15) is 12.7 Å². The van der Waals surface area contributed by atoms with E-state index in [1.165, 1.54) is 0 Å². The van der Waals surface area contributed by atoms with E-state index in [-0.39, 0.29) is 13.1 Å². The summed E-state index contributed by atoms with van der Waals surface area (Å²) in [5.41, 5.74) is -0.618. The van der Waals surface area contributed by atoms with Gasteiger partial charge in [0.15, 0.2) is 0 Å². The van der Waals surface area contributed by atoms with Gasteiger partial charge in [0, 0.05) is 13.1 Å². The molecule has 0 aliphatic carbocycles. The maximum Gasteiger partial charge on any atom is 0.407 e. The lowest BCUT2D eigenvalue weighted by atomic mass is 9.80. The van der Waals surface area contributed by atoms with Gasteiger partial charge < -0.3 is 10.0 Å². The van der Waals surface area contributed by atoms with Gasteiger partial charge in [0.25, 0.3) is 10.1 Å². The van der Waals surface area contributed by atoms with Gasteiger partial charge in [0.1, 0.15) is 0 Å². The largest absolute Gasteiger partial charge is 0.465 e. The van der Waals surface area contributed by atoms with E-state index in [0.29, 0.717) is 0 Å². The molecule has 1 heterocycles. The van der Waals surface area contributed by atoms with E-state index >= 15 is 0 Å². The minimum absolute atomic E-state index is 0.0136. The lowest BCUT2D eigenvalue weighted by Crippen LogP contribution is -2.67. The monoisotopic (exact) mass is 372 g/mol. The number of piperazine rings is 1. The number of hydrogen-bond acceptors (Lipinski definition) is 6. The van der Waals surface area contributed by atoms with Crippen LogP contribution in [0.15, 0.2) is 0 Å². The number of carbonyl (C=O) groups is 1. The van der Waals surface area contributed by atoms with Crippen LogP contribution in [0.2, 0.25) is 0 Å². The van der Waals surface area contributed by atoms with Crippen molar-refractivity contribution < 1.29 is 30.9 Å². The number of nitrogens with zero attached hydrogens (tertiary/aromatic N) is 2. The summed E-state index contributed by atoms with van der Waals surface area (Å²) in [6, 6.07) is -1.67. The van der Waals surface area contributed by atoms with Crippen molar-refractivity contribution in [2.75, 3.05) is 32.2 Å². The first-order valence-corrected chi connectivity index (χ1v) is 10.6. The summed E-state index contributed by atoms with van der Waals surface area (Å²) >= 11 is 0. The number of sulfonamides is 1. The molecule has 1 fully saturated rings. The summed E-state index contributed by atoms with van der Waals surface area (Å²) in [5, 5.41) is 9.41. The molecule has 1 amide bonds. The predicted molar refractivity (Wildman–Crippen MR) is 84.1 cm³/mol. The molecular formula is C12H24N2O7S2. The Kier molecular flexibility index (Phi) is 5.72. The van der Waals surface area contributed by atoms with Gasteiger partial charge in [0.05, 0.1) is 31.2 Å². The van der Waals surface area contributed by atoms with Crippen molar-refractivity contribution in [2.24, 2.45) is 5.41 Å². The molecule has 0 saturated carbocycles. The molecule has 23 heavy (non-hydrogen) atoms. The summed E-state index contributed by atoms with van der Waals surface area (Å²) in [6.07, 6.45) is 0.695. The second kappa shape index (κ2) is 6.54. The summed E-state index contributed by atoms with van der Waals surface area (Å²) < 4.78 is 52.5. The van der Waals surface area contributed by atoms with Crippen LogP contribution < -0.4 is 0 Å². The Morgan fingerprint density at radius 1 is 1.17 bits per heavy atom. The number of rotatable bonds is 4. The molecule has 136 valence electrons. The van der Waals surface area contributed by atoms with E-state index in [2.05, 4.69) is 0 Å². The van der Waals surface area contributed by atoms with Crippen molar-refractivity contribution in [3.63, 3.8) is 0 Å². The van der Waals surface area contributed by atoms with Crippen LogP contribution >= 0.6 is 0 Å². The maximum atomic E-state index is 12.0. The smallest absolute Gasteiger partial charge is 0.407 e. The van der Waals surface area contributed by atoms with Gasteiger partial charge in [-0.3, -0.25) is 4.18 Å². The second-order valence-electron chi connectivity index (χ2n) is 6.72. The van der Waals surface area contributed by atoms with Crippen LogP contribution in [0.4, 0.5) is 4.79 Å². The normalized spacial score (nSPS) is 24.7. The van der Waals surface area contributed by atoms with Crippen LogP contribution in [0.25, 0.3) is 0 Å². The Balaban J connectivity index is 3.32. The van der Waals surface area contributed by atoms with E-state index in [9.17, 15) is 26.7 Å². The lowest BCUT2D eigenvalue weighted by Gasteiger charge is -2.50. The van der Waals surface area contributed by atoms with Crippen LogP contribution in [0, 0.1) is 5.41 Å². The molecule has 1 rings (SSSR count). The molecule has 9 nitrogen and oxygen atoms in total. The molecule has 1 N–H and O–H groups in total. The molecule has 1 unspecified atom stereocenters. The molecule has 1 aliphatic heterocycles. The standard InChI is InChI=1S/C12H24N2O7S2/c1-12(2,3)10-9(8-21-23(5,19)20)14(22(4,17)18)7-6-13(10)11(15)16/h9-10H,6-8H2,1-5H3,(H,15,16)/t9-,10?/m1/s1. The Morgan fingerprint density at radius 2 is 1.70 bits per heavy atom. The highest BCUT2D eigenvalue weighted by Crippen LogP contribution is 2.33. The molecule has 2 atom stereocenters. The van der Waals surface area contributed by atoms with Gasteiger partial charge >= 0.3 is 6.09 Å². The van der Waals surface area contributed by atoms with E-state index in [1.54, 1.807) is 20.8 Å². The zero-order chi connectivity index (χ0) is 18.2. The Bertz CT molecular complexity index is 651. The molecule has 0 aromatic rings. The maximum absolute atomic E-state index is 12.0. The SMILES string of the molecule is CC(C)(C)C1[C@@H](COS(C)(=O)=O)N(S(C)(=O)=O)CCN1C(=O)O. The molecule has 0 spiro atoms. The Hall–Kier alpha value is -0.910. The van der Waals surface area contributed by atoms with Gasteiger partial charge in [-0.25, -0.2) is 13.2 Å². The number of amides is 1. The summed E-state index contributed by atoms with van der Waals surface area (Å²) in [6.45, 7) is 4.85. The van der Waals surface area contributed by atoms with E-state index in [4.69, 9.17) is 4.18 Å². The van der Waals surface area contributed by atoms with Crippen molar-refractivity contribution >= 4 is 26.2 Å². The van der Waals surface area contributed by atoms with Crippen LogP contribution in [0.3, 0.4) is 0 Å². The van der Waals surface area contributed by atoms with Crippen molar-refractivity contribution in [3.05, 3.63) is 0 Å². The molecule has 0 bridgehead atoms. The van der Waals surface area contributed by atoms with Gasteiger partial charge in [0.2, 0.25) is 10.0 Å². The van der Waals surface area contributed by atoms with Crippen LogP contribution in [0.1, 0.15) is 20.8 Å². The van der Waals surface area contributed by atoms with Crippen LogP contribution in [-0.4, -0.2) is 81.5 Å². The van der Waals surface area contributed by atoms with E-state index in [0.717, 1.165) is 21.7 Å². The van der Waals surface area contributed by atoms with E-state index < -0.39 is 50.3 Å². The average Bonchev–Trinajstić information content (AvgIpc) is 2.31. The Morgan fingerprint density at radius 3 is 2.04 bits per heavy atom. The van der Waals surface area contributed by atoms with Crippen molar-refractivity contribution in [3.8, 4) is 0 Å². The molecule has 0 radical (unpaired) electrons. The van der Waals surface area contributed by atoms with Crippen molar-refractivity contribution in [1.82, 2.24) is 9.21 Å². The average molecular weight is 372 g/mol. The molecule has 1 saturated heterocycles. The third-order valence-corrected chi connectivity index (χ3v) is 5.51.